The molecular weight excluding hydrogens is 178 g/mol. The van der Waals surface area contributed by atoms with Crippen molar-refractivity contribution < 1.29 is 9.53 Å². The second-order valence-electron chi connectivity index (χ2n) is 4.75. The lowest BCUT2D eigenvalue weighted by Crippen LogP contribution is -2.42. The Hall–Kier alpha value is -0.570. The van der Waals surface area contributed by atoms with E-state index in [2.05, 4.69) is 12.2 Å². The molecule has 0 radical (unpaired) electrons. The average Bonchev–Trinajstić information content (AvgIpc) is 2.99. The molecular formula is C11H19NO2. The van der Waals surface area contributed by atoms with Crippen molar-refractivity contribution in [1.82, 2.24) is 5.32 Å². The maximum absolute atomic E-state index is 11.7. The smallest absolute Gasteiger partial charge is 0.252 e. The Morgan fingerprint density at radius 2 is 2.21 bits per heavy atom. The van der Waals surface area contributed by atoms with Crippen LogP contribution in [0.25, 0.3) is 0 Å². The summed E-state index contributed by atoms with van der Waals surface area (Å²) >= 11 is 0. The molecule has 3 nitrogen and oxygen atoms in total. The van der Waals surface area contributed by atoms with Crippen molar-refractivity contribution in [2.24, 2.45) is 5.92 Å². The van der Waals surface area contributed by atoms with Gasteiger partial charge in [-0.15, -0.1) is 0 Å². The summed E-state index contributed by atoms with van der Waals surface area (Å²) in [7, 11) is 1.62. The quantitative estimate of drug-likeness (QED) is 0.724. The van der Waals surface area contributed by atoms with Crippen molar-refractivity contribution in [3.63, 3.8) is 0 Å². The van der Waals surface area contributed by atoms with Crippen LogP contribution in [0.5, 0.6) is 0 Å². The van der Waals surface area contributed by atoms with Gasteiger partial charge in [-0.2, -0.15) is 0 Å². The third-order valence-electron chi connectivity index (χ3n) is 3.27. The molecule has 2 fully saturated rings. The molecule has 0 aromatic rings. The lowest BCUT2D eigenvalue weighted by Gasteiger charge is -2.18. The predicted molar refractivity (Wildman–Crippen MR) is 53.9 cm³/mol. The molecule has 3 heteroatoms. The monoisotopic (exact) mass is 197 g/mol. The van der Waals surface area contributed by atoms with Gasteiger partial charge in [-0.1, -0.05) is 12.8 Å². The minimum atomic E-state index is -0.461. The molecule has 0 spiro atoms. The van der Waals surface area contributed by atoms with Gasteiger partial charge in [0.2, 0.25) is 0 Å². The fourth-order valence-corrected chi connectivity index (χ4v) is 1.91. The van der Waals surface area contributed by atoms with E-state index in [0.29, 0.717) is 6.04 Å². The van der Waals surface area contributed by atoms with Crippen molar-refractivity contribution in [2.45, 2.75) is 50.7 Å². The number of ether oxygens (including phenoxy) is 1. The number of rotatable bonds is 5. The molecule has 0 heterocycles. The number of carbonyl (C=O) groups excluding carboxylic acids is 1. The molecule has 1 N–H and O–H groups in total. The van der Waals surface area contributed by atoms with Gasteiger partial charge in [-0.3, -0.25) is 4.79 Å². The zero-order chi connectivity index (χ0) is 10.2. The van der Waals surface area contributed by atoms with Crippen LogP contribution in [0, 0.1) is 5.92 Å². The zero-order valence-electron chi connectivity index (χ0n) is 9.01. The fourth-order valence-electron chi connectivity index (χ4n) is 1.91. The Balaban J connectivity index is 1.75. The highest BCUT2D eigenvalue weighted by molar-refractivity contribution is 5.88. The number of hydrogen-bond donors (Lipinski definition) is 1. The largest absolute Gasteiger partial charge is 0.368 e. The van der Waals surface area contributed by atoms with Gasteiger partial charge in [0.1, 0.15) is 5.60 Å². The van der Waals surface area contributed by atoms with Gasteiger partial charge in [0.15, 0.2) is 0 Å². The van der Waals surface area contributed by atoms with E-state index in [9.17, 15) is 4.79 Å². The maximum atomic E-state index is 11.7. The van der Waals surface area contributed by atoms with E-state index in [1.807, 2.05) is 0 Å². The molecule has 2 aliphatic carbocycles. The molecule has 14 heavy (non-hydrogen) atoms. The summed E-state index contributed by atoms with van der Waals surface area (Å²) in [6.45, 7) is 2.09. The van der Waals surface area contributed by atoms with Gasteiger partial charge in [0, 0.05) is 13.2 Å². The molecule has 1 amide bonds. The molecule has 0 aromatic heterocycles. The number of amides is 1. The second-order valence-corrected chi connectivity index (χ2v) is 4.75. The summed E-state index contributed by atoms with van der Waals surface area (Å²) in [4.78, 5) is 11.7. The Morgan fingerprint density at radius 1 is 1.57 bits per heavy atom. The minimum absolute atomic E-state index is 0.0909. The molecule has 1 unspecified atom stereocenters. The highest BCUT2D eigenvalue weighted by atomic mass is 16.5. The van der Waals surface area contributed by atoms with Gasteiger partial charge < -0.3 is 10.1 Å². The van der Waals surface area contributed by atoms with Crippen LogP contribution in [0.1, 0.15) is 39.0 Å². The van der Waals surface area contributed by atoms with Crippen LogP contribution < -0.4 is 5.32 Å². The van der Waals surface area contributed by atoms with Crippen LogP contribution in [-0.2, 0) is 9.53 Å². The molecule has 2 aliphatic rings. The van der Waals surface area contributed by atoms with Crippen LogP contribution in [0.15, 0.2) is 0 Å². The molecule has 2 saturated carbocycles. The molecule has 0 saturated heterocycles. The predicted octanol–water partition coefficient (Wildman–Crippen LogP) is 1.47. The van der Waals surface area contributed by atoms with Crippen LogP contribution in [-0.4, -0.2) is 24.7 Å². The van der Waals surface area contributed by atoms with Crippen molar-refractivity contribution in [3.05, 3.63) is 0 Å². The Labute approximate surface area is 85.2 Å². The Kier molecular flexibility index (Phi) is 2.52. The van der Waals surface area contributed by atoms with E-state index in [-0.39, 0.29) is 5.91 Å². The molecule has 0 aromatic carbocycles. The molecule has 0 bridgehead atoms. The summed E-state index contributed by atoms with van der Waals surface area (Å²) < 4.78 is 5.22. The van der Waals surface area contributed by atoms with E-state index in [1.54, 1.807) is 7.11 Å². The van der Waals surface area contributed by atoms with Crippen molar-refractivity contribution in [1.29, 1.82) is 0 Å². The van der Waals surface area contributed by atoms with Crippen LogP contribution in [0.3, 0.4) is 0 Å². The third-order valence-corrected chi connectivity index (χ3v) is 3.27. The first-order chi connectivity index (χ1) is 6.66. The number of carbonyl (C=O) groups is 1. The van der Waals surface area contributed by atoms with Gasteiger partial charge >= 0.3 is 0 Å². The van der Waals surface area contributed by atoms with E-state index in [4.69, 9.17) is 4.74 Å². The van der Waals surface area contributed by atoms with Crippen molar-refractivity contribution >= 4 is 5.91 Å². The van der Waals surface area contributed by atoms with Crippen LogP contribution in [0.4, 0.5) is 0 Å². The van der Waals surface area contributed by atoms with Gasteiger partial charge in [0.25, 0.3) is 5.91 Å². The normalized spacial score (nSPS) is 25.6. The van der Waals surface area contributed by atoms with E-state index < -0.39 is 5.60 Å². The summed E-state index contributed by atoms with van der Waals surface area (Å²) in [5.74, 6) is 0.955. The fraction of sp³-hybridized carbons (Fsp3) is 0.909. The van der Waals surface area contributed by atoms with E-state index >= 15 is 0 Å². The molecule has 1 atom stereocenters. The highest BCUT2D eigenvalue weighted by Gasteiger charge is 2.50. The first kappa shape index (κ1) is 9.97. The zero-order valence-corrected chi connectivity index (χ0v) is 9.01. The van der Waals surface area contributed by atoms with Gasteiger partial charge in [-0.05, 0) is 32.1 Å². The number of methoxy groups -OCH3 is 1. The SMILES string of the molecule is COC1(C(=O)NC(C)CC2CC2)CC1. The number of nitrogens with one attached hydrogen (secondary N) is 1. The average molecular weight is 197 g/mol. The van der Waals surface area contributed by atoms with E-state index in [1.165, 1.54) is 12.8 Å². The number of hydrogen-bond acceptors (Lipinski definition) is 2. The molecule has 2 rings (SSSR count). The van der Waals surface area contributed by atoms with Crippen molar-refractivity contribution in [3.8, 4) is 0 Å². The Bertz CT molecular complexity index is 231. The lowest BCUT2D eigenvalue weighted by atomic mass is 10.1. The molecule has 0 aliphatic heterocycles. The van der Waals surface area contributed by atoms with Gasteiger partial charge in [0.05, 0.1) is 0 Å². The summed E-state index contributed by atoms with van der Waals surface area (Å²) in [5, 5.41) is 3.04. The summed E-state index contributed by atoms with van der Waals surface area (Å²) in [5.41, 5.74) is -0.461. The van der Waals surface area contributed by atoms with Gasteiger partial charge in [-0.25, -0.2) is 0 Å². The minimum Gasteiger partial charge on any atom is -0.368 e. The summed E-state index contributed by atoms with van der Waals surface area (Å²) in [6, 6.07) is 0.308. The molecule has 80 valence electrons. The third kappa shape index (κ3) is 2.08. The van der Waals surface area contributed by atoms with Crippen LogP contribution >= 0.6 is 0 Å². The lowest BCUT2D eigenvalue weighted by molar-refractivity contribution is -0.134. The standard InChI is InChI=1S/C11H19NO2/c1-8(7-9-3-4-9)12-10(13)11(14-2)5-6-11/h8-9H,3-7H2,1-2H3,(H,12,13). The Morgan fingerprint density at radius 3 is 2.64 bits per heavy atom. The highest BCUT2D eigenvalue weighted by Crippen LogP contribution is 2.39. The first-order valence-electron chi connectivity index (χ1n) is 5.52. The maximum Gasteiger partial charge on any atom is 0.252 e. The van der Waals surface area contributed by atoms with Crippen LogP contribution in [0.2, 0.25) is 0 Å². The van der Waals surface area contributed by atoms with E-state index in [0.717, 1.165) is 25.2 Å². The second kappa shape index (κ2) is 3.54. The summed E-state index contributed by atoms with van der Waals surface area (Å²) in [6.07, 6.45) is 5.58. The van der Waals surface area contributed by atoms with Crippen molar-refractivity contribution in [2.75, 3.05) is 7.11 Å². The topological polar surface area (TPSA) is 38.3 Å². The first-order valence-corrected chi connectivity index (χ1v) is 5.52.